The van der Waals surface area contributed by atoms with Gasteiger partial charge in [0.1, 0.15) is 0 Å². The van der Waals surface area contributed by atoms with Crippen LogP contribution in [-0.2, 0) is 9.59 Å². The normalized spacial score (nSPS) is 15.5. The van der Waals surface area contributed by atoms with Gasteiger partial charge >= 0.3 is 6.03 Å². The number of carbonyl (C=O) groups excluding carboxylic acids is 5. The summed E-state index contributed by atoms with van der Waals surface area (Å²) in [4.78, 5) is 63.0. The fraction of sp³-hybridized carbons (Fsp3) is 0.111. The molecule has 3 aromatic rings. The molecule has 0 bridgehead atoms. The number of imide groups is 2. The highest BCUT2D eigenvalue weighted by Crippen LogP contribution is 2.20. The summed E-state index contributed by atoms with van der Waals surface area (Å²) in [5, 5.41) is 8.62. The molecule has 0 aliphatic carbocycles. The molecule has 1 fully saturated rings. The van der Waals surface area contributed by atoms with Gasteiger partial charge in [-0.3, -0.25) is 24.5 Å². The number of urea groups is 1. The lowest BCUT2D eigenvalue weighted by Crippen LogP contribution is -2.58. The van der Waals surface area contributed by atoms with E-state index in [1.54, 1.807) is 54.6 Å². The molecule has 6 amide bonds. The molecule has 10 heteroatoms. The van der Waals surface area contributed by atoms with Gasteiger partial charge in [-0.1, -0.05) is 35.4 Å². The highest BCUT2D eigenvalue weighted by atomic mass is 16.2. The van der Waals surface area contributed by atoms with Gasteiger partial charge in [-0.2, -0.15) is 5.10 Å². The van der Waals surface area contributed by atoms with Crippen molar-refractivity contribution in [1.82, 2.24) is 10.7 Å². The molecule has 3 N–H and O–H groups in total. The number of hydrazone groups is 1. The number of carbonyl (C=O) groups is 5. The molecule has 0 aromatic heterocycles. The van der Waals surface area contributed by atoms with Crippen molar-refractivity contribution < 1.29 is 24.0 Å². The van der Waals surface area contributed by atoms with Crippen LogP contribution in [0.1, 0.15) is 31.8 Å². The number of benzene rings is 3. The number of amides is 6. The van der Waals surface area contributed by atoms with Gasteiger partial charge in [-0.15, -0.1) is 0 Å². The summed E-state index contributed by atoms with van der Waals surface area (Å²) in [6.07, 6.45) is 0.972. The van der Waals surface area contributed by atoms with Crippen LogP contribution in [0.15, 0.2) is 77.9 Å². The van der Waals surface area contributed by atoms with Gasteiger partial charge in [0.05, 0.1) is 5.69 Å². The second-order valence-corrected chi connectivity index (χ2v) is 8.40. The molecule has 0 spiro atoms. The summed E-state index contributed by atoms with van der Waals surface area (Å²) < 4.78 is 0. The van der Waals surface area contributed by atoms with Gasteiger partial charge in [0.25, 0.3) is 17.7 Å². The lowest BCUT2D eigenvalue weighted by molar-refractivity contribution is -0.131. The predicted molar refractivity (Wildman–Crippen MR) is 137 cm³/mol. The zero-order valence-corrected chi connectivity index (χ0v) is 20.0. The highest BCUT2D eigenvalue weighted by Gasteiger charge is 2.40. The fourth-order valence-electron chi connectivity index (χ4n) is 3.59. The number of anilines is 2. The van der Waals surface area contributed by atoms with Gasteiger partial charge < -0.3 is 5.32 Å². The van der Waals surface area contributed by atoms with Crippen LogP contribution >= 0.6 is 0 Å². The predicted octanol–water partition coefficient (Wildman–Crippen LogP) is 3.17. The molecule has 1 atom stereocenters. The van der Waals surface area contributed by atoms with Crippen LogP contribution in [0.3, 0.4) is 0 Å². The Balaban J connectivity index is 1.38. The molecule has 186 valence electrons. The number of hydrogen-bond acceptors (Lipinski definition) is 6. The maximum Gasteiger partial charge on any atom is 0.335 e. The Morgan fingerprint density at radius 3 is 2.24 bits per heavy atom. The highest BCUT2D eigenvalue weighted by molar-refractivity contribution is 6.32. The number of rotatable bonds is 6. The summed E-state index contributed by atoms with van der Waals surface area (Å²) in [5.74, 6) is -3.91. The van der Waals surface area contributed by atoms with Crippen LogP contribution in [0.2, 0.25) is 0 Å². The molecule has 0 radical (unpaired) electrons. The largest absolute Gasteiger partial charge is 0.335 e. The molecule has 1 aliphatic rings. The van der Waals surface area contributed by atoms with Gasteiger partial charge in [-0.25, -0.2) is 15.1 Å². The van der Waals surface area contributed by atoms with Gasteiger partial charge in [0, 0.05) is 23.0 Å². The molecule has 0 unspecified atom stereocenters. The smallest absolute Gasteiger partial charge is 0.322 e. The monoisotopic (exact) mass is 497 g/mol. The van der Waals surface area contributed by atoms with E-state index in [4.69, 9.17) is 0 Å². The van der Waals surface area contributed by atoms with Crippen LogP contribution in [0, 0.1) is 19.8 Å². The average molecular weight is 498 g/mol. The van der Waals surface area contributed by atoms with E-state index in [0.29, 0.717) is 16.9 Å². The maximum absolute atomic E-state index is 12.8. The van der Waals surface area contributed by atoms with Crippen LogP contribution in [0.4, 0.5) is 16.2 Å². The molecule has 4 rings (SSSR count). The van der Waals surface area contributed by atoms with E-state index in [1.807, 2.05) is 19.9 Å². The second-order valence-electron chi connectivity index (χ2n) is 8.40. The van der Waals surface area contributed by atoms with Crippen LogP contribution in [-0.4, -0.2) is 35.9 Å². The fourth-order valence-corrected chi connectivity index (χ4v) is 3.59. The van der Waals surface area contributed by atoms with Gasteiger partial charge in [0.15, 0.2) is 5.92 Å². The van der Waals surface area contributed by atoms with E-state index >= 15 is 0 Å². The van der Waals surface area contributed by atoms with Crippen molar-refractivity contribution in [2.24, 2.45) is 11.0 Å². The quantitative estimate of drug-likeness (QED) is 0.273. The van der Waals surface area contributed by atoms with Crippen LogP contribution < -0.4 is 21.0 Å². The van der Waals surface area contributed by atoms with E-state index in [2.05, 4.69) is 21.2 Å². The number of nitrogens with one attached hydrogen (secondary N) is 3. The zero-order chi connectivity index (χ0) is 26.5. The first-order chi connectivity index (χ1) is 17.7. The maximum atomic E-state index is 12.8. The van der Waals surface area contributed by atoms with Crippen LogP contribution in [0.25, 0.3) is 0 Å². The number of nitrogens with zero attached hydrogens (tertiary/aromatic N) is 2. The summed E-state index contributed by atoms with van der Waals surface area (Å²) in [7, 11) is 0. The summed E-state index contributed by atoms with van der Waals surface area (Å²) in [6, 6.07) is 19.1. The second kappa shape index (κ2) is 10.6. The Morgan fingerprint density at radius 2 is 1.57 bits per heavy atom. The Hall–Kier alpha value is -5.12. The molecule has 0 saturated carbocycles. The van der Waals surface area contributed by atoms with E-state index in [1.165, 1.54) is 12.1 Å². The minimum atomic E-state index is -1.40. The SMILES string of the molecule is Cc1ccc(N2C(=O)NC(=O)[C@H](/C=N\NC(=O)c3ccc(NC(=O)c4cccc(C)c4)cc3)C2=O)cc1. The standard InChI is InChI=1S/C27H23N5O5/c1-16-6-12-21(13-7-16)32-26(36)22(25(35)30-27(32)37)15-28-31-24(34)18-8-10-20(11-9-18)29-23(33)19-5-3-4-17(2)14-19/h3-15,22H,1-2H3,(H,29,33)(H,31,34)(H,30,35,37)/b28-15-/t22-/m0/s1. The first-order valence-corrected chi connectivity index (χ1v) is 11.3. The lowest BCUT2D eigenvalue weighted by atomic mass is 10.1. The van der Waals surface area contributed by atoms with Crippen LogP contribution in [0.5, 0.6) is 0 Å². The van der Waals surface area contributed by atoms with Crippen molar-refractivity contribution in [2.45, 2.75) is 13.8 Å². The first-order valence-electron chi connectivity index (χ1n) is 11.3. The van der Waals surface area contributed by atoms with E-state index < -0.39 is 29.7 Å². The molecular formula is C27H23N5O5. The molecule has 1 aliphatic heterocycles. The van der Waals surface area contributed by atoms with E-state index in [-0.39, 0.29) is 11.5 Å². The third kappa shape index (κ3) is 5.76. The number of aryl methyl sites for hydroxylation is 2. The number of hydrogen-bond donors (Lipinski definition) is 3. The molecule has 3 aromatic carbocycles. The van der Waals surface area contributed by atoms with Crippen molar-refractivity contribution in [3.63, 3.8) is 0 Å². The Bertz CT molecular complexity index is 1410. The summed E-state index contributed by atoms with van der Waals surface area (Å²) in [6.45, 7) is 3.75. The minimum Gasteiger partial charge on any atom is -0.322 e. The third-order valence-corrected chi connectivity index (χ3v) is 5.57. The van der Waals surface area contributed by atoms with Gasteiger partial charge in [0.2, 0.25) is 5.91 Å². The van der Waals surface area contributed by atoms with Crippen molar-refractivity contribution in [3.8, 4) is 0 Å². The topological polar surface area (TPSA) is 137 Å². The summed E-state index contributed by atoms with van der Waals surface area (Å²) in [5.41, 5.74) is 5.71. The van der Waals surface area contributed by atoms with Crippen molar-refractivity contribution >= 4 is 47.2 Å². The molecule has 1 saturated heterocycles. The molecule has 1 heterocycles. The Morgan fingerprint density at radius 1 is 0.865 bits per heavy atom. The molecule has 10 nitrogen and oxygen atoms in total. The molecule has 37 heavy (non-hydrogen) atoms. The third-order valence-electron chi connectivity index (χ3n) is 5.57. The Kier molecular flexibility index (Phi) is 7.19. The van der Waals surface area contributed by atoms with E-state index in [0.717, 1.165) is 22.2 Å². The van der Waals surface area contributed by atoms with Crippen molar-refractivity contribution in [3.05, 3.63) is 95.1 Å². The minimum absolute atomic E-state index is 0.238. The van der Waals surface area contributed by atoms with Gasteiger partial charge in [-0.05, 0) is 62.4 Å². The first kappa shape index (κ1) is 25.0. The van der Waals surface area contributed by atoms with Crippen molar-refractivity contribution in [1.29, 1.82) is 0 Å². The molecular weight excluding hydrogens is 474 g/mol. The average Bonchev–Trinajstić information content (AvgIpc) is 2.87. The number of barbiturate groups is 1. The van der Waals surface area contributed by atoms with Crippen molar-refractivity contribution in [2.75, 3.05) is 10.2 Å². The zero-order valence-electron chi connectivity index (χ0n) is 20.0. The van der Waals surface area contributed by atoms with E-state index in [9.17, 15) is 24.0 Å². The lowest BCUT2D eigenvalue weighted by Gasteiger charge is -2.28. The Labute approximate surface area is 212 Å². The summed E-state index contributed by atoms with van der Waals surface area (Å²) >= 11 is 0.